The van der Waals surface area contributed by atoms with Gasteiger partial charge in [0, 0.05) is 11.8 Å². The van der Waals surface area contributed by atoms with Crippen LogP contribution in [-0.2, 0) is 0 Å². The number of aromatic nitrogens is 1. The summed E-state index contributed by atoms with van der Waals surface area (Å²) in [6.45, 7) is 0. The van der Waals surface area contributed by atoms with Gasteiger partial charge in [0.05, 0.1) is 18.5 Å². The summed E-state index contributed by atoms with van der Waals surface area (Å²) < 4.78 is 5.13. The van der Waals surface area contributed by atoms with Crippen molar-refractivity contribution in [3.63, 3.8) is 0 Å². The molecule has 7 heteroatoms. The molecule has 136 valence electrons. The van der Waals surface area contributed by atoms with Crippen molar-refractivity contribution in [1.29, 1.82) is 0 Å². The predicted molar refractivity (Wildman–Crippen MR) is 102 cm³/mol. The average molecular weight is 362 g/mol. The lowest BCUT2D eigenvalue weighted by Crippen LogP contribution is -2.24. The molecule has 0 saturated carbocycles. The summed E-state index contributed by atoms with van der Waals surface area (Å²) >= 11 is 0. The molecule has 0 radical (unpaired) electrons. The second kappa shape index (κ2) is 6.53. The van der Waals surface area contributed by atoms with E-state index in [1.54, 1.807) is 30.5 Å². The summed E-state index contributed by atoms with van der Waals surface area (Å²) in [6, 6.07) is 16.2. The number of phenolic OH excluding ortho intramolecular Hbond substituents is 1. The number of amides is 1. The number of fused-ring (bicyclic) bond motifs is 1. The van der Waals surface area contributed by atoms with Crippen molar-refractivity contribution in [2.45, 2.75) is 6.17 Å². The van der Waals surface area contributed by atoms with E-state index in [0.717, 1.165) is 16.9 Å². The molecule has 1 aliphatic heterocycles. The highest BCUT2D eigenvalue weighted by Crippen LogP contribution is 2.46. The summed E-state index contributed by atoms with van der Waals surface area (Å²) in [4.78, 5) is 18.0. The van der Waals surface area contributed by atoms with E-state index in [0.29, 0.717) is 17.1 Å². The van der Waals surface area contributed by atoms with Gasteiger partial charge in [-0.05, 0) is 42.0 Å². The Bertz CT molecular complexity index is 1020. The van der Waals surface area contributed by atoms with Crippen LogP contribution in [0, 0.1) is 0 Å². The molecule has 1 atom stereocenters. The van der Waals surface area contributed by atoms with Gasteiger partial charge in [0.25, 0.3) is 0 Å². The van der Waals surface area contributed by atoms with Gasteiger partial charge >= 0.3 is 0 Å². The van der Waals surface area contributed by atoms with Crippen LogP contribution >= 0.6 is 0 Å². The first-order valence-electron chi connectivity index (χ1n) is 8.36. The first-order chi connectivity index (χ1) is 13.1. The molecular formula is C20H18N4O3. The van der Waals surface area contributed by atoms with Crippen molar-refractivity contribution in [3.8, 4) is 11.5 Å². The topological polar surface area (TPSA) is 101 Å². The highest BCUT2D eigenvalue weighted by atomic mass is 16.5. The second-order valence-electron chi connectivity index (χ2n) is 6.13. The Hall–Kier alpha value is -3.74. The van der Waals surface area contributed by atoms with E-state index in [1.807, 2.05) is 35.2 Å². The fraction of sp³-hybridized carbons (Fsp3) is 0.100. The minimum atomic E-state index is -0.516. The monoisotopic (exact) mass is 362 g/mol. The van der Waals surface area contributed by atoms with Gasteiger partial charge in [-0.3, -0.25) is 9.69 Å². The zero-order chi connectivity index (χ0) is 19.0. The molecule has 1 amide bonds. The predicted octanol–water partition coefficient (Wildman–Crippen LogP) is 3.16. The van der Waals surface area contributed by atoms with Crippen molar-refractivity contribution < 1.29 is 14.6 Å². The Morgan fingerprint density at radius 2 is 2.04 bits per heavy atom. The largest absolute Gasteiger partial charge is 0.504 e. The van der Waals surface area contributed by atoms with Crippen LogP contribution in [0.2, 0.25) is 0 Å². The third kappa shape index (κ3) is 2.89. The molecule has 7 nitrogen and oxygen atoms in total. The summed E-state index contributed by atoms with van der Waals surface area (Å²) in [5, 5.41) is 13.6. The molecule has 4 N–H and O–H groups in total. The normalized spacial score (nSPS) is 15.1. The third-order valence-electron chi connectivity index (χ3n) is 4.51. The molecule has 0 spiro atoms. The summed E-state index contributed by atoms with van der Waals surface area (Å²) in [5.41, 5.74) is 8.45. The highest BCUT2D eigenvalue weighted by Gasteiger charge is 2.32. The number of benzene rings is 2. The SMILES string of the molecule is COc1ccc(C2Nc3ccccc3N2c2cc(C(N)=O)ccn2)cc1O. The maximum Gasteiger partial charge on any atom is 0.248 e. The van der Waals surface area contributed by atoms with Gasteiger partial charge in [-0.2, -0.15) is 0 Å². The van der Waals surface area contributed by atoms with Crippen LogP contribution in [0.15, 0.2) is 60.8 Å². The van der Waals surface area contributed by atoms with E-state index in [1.165, 1.54) is 7.11 Å². The minimum Gasteiger partial charge on any atom is -0.504 e. The van der Waals surface area contributed by atoms with Crippen LogP contribution in [0.1, 0.15) is 22.1 Å². The Labute approximate surface area is 156 Å². The number of anilines is 3. The molecule has 2 heterocycles. The Kier molecular flexibility index (Phi) is 4.04. The Balaban J connectivity index is 1.83. The number of para-hydroxylation sites is 2. The molecular weight excluding hydrogens is 344 g/mol. The van der Waals surface area contributed by atoms with Crippen LogP contribution in [0.4, 0.5) is 17.2 Å². The lowest BCUT2D eigenvalue weighted by molar-refractivity contribution is 0.1000. The molecule has 27 heavy (non-hydrogen) atoms. The second-order valence-corrected chi connectivity index (χ2v) is 6.13. The van der Waals surface area contributed by atoms with Gasteiger partial charge in [-0.15, -0.1) is 0 Å². The molecule has 0 fully saturated rings. The Morgan fingerprint density at radius 1 is 1.22 bits per heavy atom. The van der Waals surface area contributed by atoms with Gasteiger partial charge in [0.15, 0.2) is 11.5 Å². The number of methoxy groups -OCH3 is 1. The van der Waals surface area contributed by atoms with E-state index >= 15 is 0 Å². The molecule has 3 aromatic rings. The number of ether oxygens (including phenoxy) is 1. The molecule has 0 saturated heterocycles. The lowest BCUT2D eigenvalue weighted by Gasteiger charge is -2.26. The number of primary amides is 1. The number of pyridine rings is 1. The number of phenols is 1. The maximum atomic E-state index is 11.6. The number of carbonyl (C=O) groups is 1. The quantitative estimate of drug-likeness (QED) is 0.659. The molecule has 2 aromatic carbocycles. The first kappa shape index (κ1) is 16.7. The first-order valence-corrected chi connectivity index (χ1v) is 8.36. The van der Waals surface area contributed by atoms with Gasteiger partial charge in [0.1, 0.15) is 12.0 Å². The summed E-state index contributed by atoms with van der Waals surface area (Å²) in [5.74, 6) is 0.503. The molecule has 0 bridgehead atoms. The van der Waals surface area contributed by atoms with E-state index < -0.39 is 5.91 Å². The number of aromatic hydroxyl groups is 1. The van der Waals surface area contributed by atoms with Crippen LogP contribution in [0.25, 0.3) is 0 Å². The molecule has 4 rings (SSSR count). The smallest absolute Gasteiger partial charge is 0.248 e. The summed E-state index contributed by atoms with van der Waals surface area (Å²) in [7, 11) is 1.50. The number of nitrogens with zero attached hydrogens (tertiary/aromatic N) is 2. The van der Waals surface area contributed by atoms with Crippen molar-refractivity contribution >= 4 is 23.1 Å². The van der Waals surface area contributed by atoms with Crippen LogP contribution in [-0.4, -0.2) is 23.1 Å². The van der Waals surface area contributed by atoms with E-state index in [2.05, 4.69) is 10.3 Å². The fourth-order valence-electron chi connectivity index (χ4n) is 3.23. The number of hydrogen-bond acceptors (Lipinski definition) is 6. The standard InChI is InChI=1S/C20H18N4O3/c1-27-17-7-6-13(10-16(17)25)20-23-14-4-2-3-5-15(14)24(20)18-11-12(19(21)26)8-9-22-18/h2-11,20,23,25H,1H3,(H2,21,26). The van der Waals surface area contributed by atoms with Crippen molar-refractivity contribution in [2.75, 3.05) is 17.3 Å². The van der Waals surface area contributed by atoms with Gasteiger partial charge in [-0.25, -0.2) is 4.98 Å². The lowest BCUT2D eigenvalue weighted by atomic mass is 10.1. The average Bonchev–Trinajstić information content (AvgIpc) is 3.07. The van der Waals surface area contributed by atoms with Crippen molar-refractivity contribution in [1.82, 2.24) is 4.98 Å². The number of rotatable bonds is 4. The number of nitrogens with two attached hydrogens (primary N) is 1. The third-order valence-corrected chi connectivity index (χ3v) is 4.51. The van der Waals surface area contributed by atoms with Gasteiger partial charge in [-0.1, -0.05) is 18.2 Å². The number of carbonyl (C=O) groups excluding carboxylic acids is 1. The van der Waals surface area contributed by atoms with Crippen LogP contribution in [0.3, 0.4) is 0 Å². The zero-order valence-electron chi connectivity index (χ0n) is 14.6. The fourth-order valence-corrected chi connectivity index (χ4v) is 3.23. The molecule has 0 aliphatic carbocycles. The van der Waals surface area contributed by atoms with Crippen LogP contribution in [0.5, 0.6) is 11.5 Å². The van der Waals surface area contributed by atoms with Gasteiger partial charge < -0.3 is 20.9 Å². The molecule has 1 aliphatic rings. The Morgan fingerprint density at radius 3 is 2.78 bits per heavy atom. The van der Waals surface area contributed by atoms with Crippen molar-refractivity contribution in [2.24, 2.45) is 5.73 Å². The highest BCUT2D eigenvalue weighted by molar-refractivity contribution is 5.94. The number of hydrogen-bond donors (Lipinski definition) is 3. The zero-order valence-corrected chi connectivity index (χ0v) is 14.6. The molecule has 1 unspecified atom stereocenters. The van der Waals surface area contributed by atoms with E-state index in [4.69, 9.17) is 10.5 Å². The van der Waals surface area contributed by atoms with E-state index in [9.17, 15) is 9.90 Å². The van der Waals surface area contributed by atoms with Crippen molar-refractivity contribution in [3.05, 3.63) is 71.9 Å². The summed E-state index contributed by atoms with van der Waals surface area (Å²) in [6.07, 6.45) is 1.23. The van der Waals surface area contributed by atoms with Crippen LogP contribution < -0.4 is 20.7 Å². The maximum absolute atomic E-state index is 11.6. The minimum absolute atomic E-state index is 0.0477. The number of nitrogens with one attached hydrogen (secondary N) is 1. The molecule has 1 aromatic heterocycles. The van der Waals surface area contributed by atoms with Gasteiger partial charge in [0.2, 0.25) is 5.91 Å². The van der Waals surface area contributed by atoms with E-state index in [-0.39, 0.29) is 11.9 Å².